The Morgan fingerprint density at radius 1 is 1.42 bits per heavy atom. The summed E-state index contributed by atoms with van der Waals surface area (Å²) in [6, 6.07) is 9.70. The smallest absolute Gasteiger partial charge is 0.237 e. The van der Waals surface area contributed by atoms with Crippen LogP contribution in [0.4, 0.5) is 0 Å². The Morgan fingerprint density at radius 2 is 2.21 bits per heavy atom. The number of rotatable bonds is 5. The number of ether oxygens (including phenoxy) is 1. The van der Waals surface area contributed by atoms with Crippen molar-refractivity contribution < 1.29 is 9.53 Å². The zero-order chi connectivity index (χ0) is 16.9. The van der Waals surface area contributed by atoms with Crippen LogP contribution in [0.1, 0.15) is 24.4 Å². The van der Waals surface area contributed by atoms with Crippen LogP contribution in [0.3, 0.4) is 0 Å². The summed E-state index contributed by atoms with van der Waals surface area (Å²) in [5.74, 6) is 0.814. The van der Waals surface area contributed by atoms with E-state index in [2.05, 4.69) is 20.4 Å². The molecule has 0 saturated carbocycles. The Balaban J connectivity index is 1.56. The van der Waals surface area contributed by atoms with Crippen LogP contribution in [0.25, 0.3) is 0 Å². The lowest BCUT2D eigenvalue weighted by Gasteiger charge is -2.35. The summed E-state index contributed by atoms with van der Waals surface area (Å²) in [6.45, 7) is 4.41. The number of carbonyl (C=O) groups excluding carboxylic acids is 1. The highest BCUT2D eigenvalue weighted by atomic mass is 16.5. The molecule has 1 fully saturated rings. The Kier molecular flexibility index (Phi) is 5.22. The minimum atomic E-state index is -0.215. The number of morpholine rings is 1. The highest BCUT2D eigenvalue weighted by molar-refractivity contribution is 5.81. The first kappa shape index (κ1) is 16.6. The molecule has 7 heteroatoms. The van der Waals surface area contributed by atoms with Gasteiger partial charge in [0.05, 0.1) is 12.6 Å². The van der Waals surface area contributed by atoms with Gasteiger partial charge >= 0.3 is 0 Å². The first-order chi connectivity index (χ1) is 11.6. The van der Waals surface area contributed by atoms with Crippen LogP contribution in [-0.2, 0) is 23.1 Å². The van der Waals surface area contributed by atoms with Crippen LogP contribution < -0.4 is 5.32 Å². The lowest BCUT2D eigenvalue weighted by Crippen LogP contribution is -2.50. The SMILES string of the molecule is C[C@@H](C(=O)NCc1ccccc1)N1CCO[C@H](c2nncn2C)C1. The van der Waals surface area contributed by atoms with Gasteiger partial charge in [0.25, 0.3) is 0 Å². The van der Waals surface area contributed by atoms with Gasteiger partial charge in [0.15, 0.2) is 5.82 Å². The second-order valence-electron chi connectivity index (χ2n) is 6.03. The normalized spacial score (nSPS) is 19.8. The van der Waals surface area contributed by atoms with Gasteiger partial charge in [0.2, 0.25) is 5.91 Å². The Labute approximate surface area is 141 Å². The predicted molar refractivity (Wildman–Crippen MR) is 89.0 cm³/mol. The Hall–Kier alpha value is -2.25. The molecule has 2 aromatic rings. The van der Waals surface area contributed by atoms with Crippen LogP contribution in [-0.4, -0.2) is 51.3 Å². The van der Waals surface area contributed by atoms with Gasteiger partial charge < -0.3 is 14.6 Å². The van der Waals surface area contributed by atoms with E-state index in [-0.39, 0.29) is 18.1 Å². The molecule has 1 aromatic carbocycles. The number of nitrogens with one attached hydrogen (secondary N) is 1. The lowest BCUT2D eigenvalue weighted by atomic mass is 10.1. The minimum Gasteiger partial charge on any atom is -0.368 e. The summed E-state index contributed by atoms with van der Waals surface area (Å²) in [7, 11) is 1.90. The van der Waals surface area contributed by atoms with Crippen molar-refractivity contribution in [2.45, 2.75) is 25.6 Å². The predicted octanol–water partition coefficient (Wildman–Crippen LogP) is 0.893. The van der Waals surface area contributed by atoms with Gasteiger partial charge in [-0.15, -0.1) is 10.2 Å². The molecule has 0 unspecified atom stereocenters. The maximum absolute atomic E-state index is 12.4. The number of hydrogen-bond acceptors (Lipinski definition) is 5. The summed E-state index contributed by atoms with van der Waals surface area (Å²) in [5.41, 5.74) is 1.09. The van der Waals surface area contributed by atoms with Gasteiger partial charge in [-0.1, -0.05) is 30.3 Å². The van der Waals surface area contributed by atoms with Gasteiger partial charge in [0.1, 0.15) is 12.4 Å². The first-order valence-electron chi connectivity index (χ1n) is 8.16. The van der Waals surface area contributed by atoms with Gasteiger partial charge in [0, 0.05) is 26.7 Å². The average Bonchev–Trinajstić information content (AvgIpc) is 3.06. The minimum absolute atomic E-state index is 0.0254. The van der Waals surface area contributed by atoms with E-state index in [0.29, 0.717) is 19.7 Å². The molecule has 1 saturated heterocycles. The summed E-state index contributed by atoms with van der Waals surface area (Å²) in [6.07, 6.45) is 1.50. The number of aromatic nitrogens is 3. The topological polar surface area (TPSA) is 72.3 Å². The number of amides is 1. The summed E-state index contributed by atoms with van der Waals surface area (Å²) in [5, 5.41) is 11.0. The zero-order valence-electron chi connectivity index (χ0n) is 14.1. The molecule has 1 amide bonds. The van der Waals surface area contributed by atoms with E-state index in [1.54, 1.807) is 6.33 Å². The molecule has 2 atom stereocenters. The maximum Gasteiger partial charge on any atom is 0.237 e. The number of benzene rings is 1. The van der Waals surface area contributed by atoms with Gasteiger partial charge in [-0.05, 0) is 12.5 Å². The fourth-order valence-electron chi connectivity index (χ4n) is 2.86. The van der Waals surface area contributed by atoms with E-state index in [1.165, 1.54) is 0 Å². The number of carbonyl (C=O) groups is 1. The van der Waals surface area contributed by atoms with Crippen molar-refractivity contribution in [2.24, 2.45) is 7.05 Å². The molecule has 0 spiro atoms. The van der Waals surface area contributed by atoms with Crippen molar-refractivity contribution in [3.05, 3.63) is 48.0 Å². The molecule has 2 heterocycles. The van der Waals surface area contributed by atoms with E-state index >= 15 is 0 Å². The highest BCUT2D eigenvalue weighted by Gasteiger charge is 2.30. The van der Waals surface area contributed by atoms with Gasteiger partial charge in [-0.25, -0.2) is 0 Å². The summed E-state index contributed by atoms with van der Waals surface area (Å²) >= 11 is 0. The van der Waals surface area contributed by atoms with Crippen LogP contribution >= 0.6 is 0 Å². The zero-order valence-corrected chi connectivity index (χ0v) is 14.1. The molecule has 24 heavy (non-hydrogen) atoms. The number of nitrogens with zero attached hydrogens (tertiary/aromatic N) is 4. The summed E-state index contributed by atoms with van der Waals surface area (Å²) in [4.78, 5) is 14.6. The molecular weight excluding hydrogens is 306 g/mol. The standard InChI is InChI=1S/C17H23N5O2/c1-13(17(23)18-10-14-6-4-3-5-7-14)22-8-9-24-15(11-22)16-20-19-12-21(16)2/h3-7,12-13,15H,8-11H2,1-2H3,(H,18,23)/t13-,15-/m0/s1. The molecule has 7 nitrogen and oxygen atoms in total. The van der Waals surface area contributed by atoms with Crippen molar-refractivity contribution in [1.29, 1.82) is 0 Å². The highest BCUT2D eigenvalue weighted by Crippen LogP contribution is 2.21. The van der Waals surface area contributed by atoms with E-state index in [4.69, 9.17) is 4.74 Å². The molecular formula is C17H23N5O2. The molecule has 1 aliphatic rings. The second kappa shape index (κ2) is 7.55. The molecule has 3 rings (SSSR count). The van der Waals surface area contributed by atoms with Crippen molar-refractivity contribution in [2.75, 3.05) is 19.7 Å². The van der Waals surface area contributed by atoms with Crippen LogP contribution in [0.2, 0.25) is 0 Å². The van der Waals surface area contributed by atoms with Crippen molar-refractivity contribution >= 4 is 5.91 Å². The van der Waals surface area contributed by atoms with Crippen molar-refractivity contribution in [1.82, 2.24) is 25.0 Å². The van der Waals surface area contributed by atoms with E-state index in [9.17, 15) is 4.79 Å². The van der Waals surface area contributed by atoms with E-state index < -0.39 is 0 Å². The third-order valence-electron chi connectivity index (χ3n) is 4.37. The second-order valence-corrected chi connectivity index (χ2v) is 6.03. The van der Waals surface area contributed by atoms with E-state index in [1.807, 2.05) is 48.9 Å². The van der Waals surface area contributed by atoms with E-state index in [0.717, 1.165) is 17.9 Å². The van der Waals surface area contributed by atoms with Crippen LogP contribution in [0.5, 0.6) is 0 Å². The van der Waals surface area contributed by atoms with Crippen molar-refractivity contribution in [3.8, 4) is 0 Å². The van der Waals surface area contributed by atoms with Crippen molar-refractivity contribution in [3.63, 3.8) is 0 Å². The molecule has 0 bridgehead atoms. The largest absolute Gasteiger partial charge is 0.368 e. The average molecular weight is 329 g/mol. The Morgan fingerprint density at radius 3 is 2.92 bits per heavy atom. The van der Waals surface area contributed by atoms with Crippen LogP contribution in [0.15, 0.2) is 36.7 Å². The van der Waals surface area contributed by atoms with Crippen LogP contribution in [0, 0.1) is 0 Å². The molecule has 1 aromatic heterocycles. The maximum atomic E-state index is 12.4. The third-order valence-corrected chi connectivity index (χ3v) is 4.37. The molecule has 0 aliphatic carbocycles. The number of hydrogen-bond donors (Lipinski definition) is 1. The molecule has 1 N–H and O–H groups in total. The quantitative estimate of drug-likeness (QED) is 0.882. The number of aryl methyl sites for hydroxylation is 1. The fourth-order valence-corrected chi connectivity index (χ4v) is 2.86. The monoisotopic (exact) mass is 329 g/mol. The fraction of sp³-hybridized carbons (Fsp3) is 0.471. The third kappa shape index (κ3) is 3.80. The lowest BCUT2D eigenvalue weighted by molar-refractivity contribution is -0.129. The molecule has 1 aliphatic heterocycles. The van der Waals surface area contributed by atoms with Gasteiger partial charge in [-0.2, -0.15) is 0 Å². The molecule has 0 radical (unpaired) electrons. The molecule has 128 valence electrons. The summed E-state index contributed by atoms with van der Waals surface area (Å²) < 4.78 is 7.65. The Bertz CT molecular complexity index is 673. The first-order valence-corrected chi connectivity index (χ1v) is 8.16. The van der Waals surface area contributed by atoms with Gasteiger partial charge in [-0.3, -0.25) is 9.69 Å².